The van der Waals surface area contributed by atoms with E-state index in [4.69, 9.17) is 9.47 Å². The Kier molecular flexibility index (Phi) is 11.1. The standard InChI is InChI=1S/C40H31F7N6O7/c1-21-16-23(52-14-15-58-20-32(52)39(42,43)44)18-28(41)33(21)35(54)50-29(37(56)59-24-6-8-25(9-7-24)60-40(45,46)47)17-22-5-10-30(34-26(22)4-3-12-49-34)53-36(55)27-11-13-48-19-31(27)51(2)38(53)57/h3-13,16,18-19,29,32H,14-15,17,20H2,1-2H3,(H,50,54)/t29?,32-/m1/s1. The van der Waals surface area contributed by atoms with Gasteiger partial charge in [0, 0.05) is 43.5 Å². The molecule has 0 aliphatic carbocycles. The van der Waals surface area contributed by atoms with Gasteiger partial charge < -0.3 is 24.4 Å². The molecule has 312 valence electrons. The molecular weight excluding hydrogens is 809 g/mol. The summed E-state index contributed by atoms with van der Waals surface area (Å²) in [6, 6.07) is 9.47. The summed E-state index contributed by atoms with van der Waals surface area (Å²) in [5.41, 5.74) is -1.39. The monoisotopic (exact) mass is 840 g/mol. The summed E-state index contributed by atoms with van der Waals surface area (Å²) < 4.78 is 112. The molecule has 0 bridgehead atoms. The lowest BCUT2D eigenvalue weighted by molar-refractivity contribution is -0.274. The first kappa shape index (κ1) is 41.3. The van der Waals surface area contributed by atoms with Crippen LogP contribution in [0, 0.1) is 12.7 Å². The van der Waals surface area contributed by atoms with E-state index in [0.717, 1.165) is 39.8 Å². The number of benzene rings is 3. The van der Waals surface area contributed by atoms with E-state index in [2.05, 4.69) is 20.0 Å². The molecule has 20 heteroatoms. The third kappa shape index (κ3) is 8.35. The van der Waals surface area contributed by atoms with Crippen molar-refractivity contribution in [1.29, 1.82) is 0 Å². The lowest BCUT2D eigenvalue weighted by Gasteiger charge is -2.38. The van der Waals surface area contributed by atoms with E-state index in [9.17, 15) is 45.5 Å². The molecule has 1 aliphatic heterocycles. The molecule has 1 saturated heterocycles. The van der Waals surface area contributed by atoms with Gasteiger partial charge in [-0.15, -0.1) is 13.2 Å². The van der Waals surface area contributed by atoms with Gasteiger partial charge in [-0.25, -0.2) is 18.5 Å². The average Bonchev–Trinajstić information content (AvgIpc) is 3.20. The van der Waals surface area contributed by atoms with Crippen LogP contribution in [0.1, 0.15) is 21.5 Å². The molecule has 60 heavy (non-hydrogen) atoms. The minimum Gasteiger partial charge on any atom is -0.425 e. The number of anilines is 1. The first-order valence-corrected chi connectivity index (χ1v) is 17.9. The van der Waals surface area contributed by atoms with Crippen LogP contribution in [-0.4, -0.2) is 75.4 Å². The van der Waals surface area contributed by atoms with E-state index in [-0.39, 0.29) is 52.3 Å². The predicted octanol–water partition coefficient (Wildman–Crippen LogP) is 5.69. The molecule has 0 saturated carbocycles. The minimum atomic E-state index is -5.00. The van der Waals surface area contributed by atoms with E-state index in [0.29, 0.717) is 10.9 Å². The van der Waals surface area contributed by atoms with E-state index in [1.165, 1.54) is 67.5 Å². The molecule has 0 radical (unpaired) electrons. The van der Waals surface area contributed by atoms with Gasteiger partial charge in [0.2, 0.25) is 0 Å². The number of halogens is 7. The summed E-state index contributed by atoms with van der Waals surface area (Å²) in [5.74, 6) is -4.37. The van der Waals surface area contributed by atoms with Crippen molar-refractivity contribution in [2.24, 2.45) is 7.05 Å². The van der Waals surface area contributed by atoms with Crippen LogP contribution in [0.15, 0.2) is 94.9 Å². The van der Waals surface area contributed by atoms with Gasteiger partial charge in [-0.2, -0.15) is 13.2 Å². The van der Waals surface area contributed by atoms with Crippen LogP contribution in [0.4, 0.5) is 36.4 Å². The predicted molar refractivity (Wildman–Crippen MR) is 201 cm³/mol. The first-order valence-electron chi connectivity index (χ1n) is 17.9. The number of amides is 1. The Labute approximate surface area is 333 Å². The molecule has 3 aromatic heterocycles. The SMILES string of the molecule is Cc1cc(N2CCOC[C@@H]2C(F)(F)F)cc(F)c1C(=O)NC(Cc1ccc(-n2c(=O)c3ccncc3n(C)c2=O)c2ncccc12)C(=O)Oc1ccc(OC(F)(F)F)cc1. The minimum absolute atomic E-state index is 0.0596. The van der Waals surface area contributed by atoms with E-state index in [1.807, 2.05) is 0 Å². The number of nitrogens with one attached hydrogen (secondary N) is 1. The Balaban J connectivity index is 1.25. The van der Waals surface area contributed by atoms with Crippen LogP contribution in [0.3, 0.4) is 0 Å². The number of rotatable bonds is 9. The number of morpholine rings is 1. The summed E-state index contributed by atoms with van der Waals surface area (Å²) in [5, 5.41) is 2.94. The quantitative estimate of drug-likeness (QED) is 0.109. The number of aromatic nitrogens is 4. The molecule has 6 aromatic rings. The van der Waals surface area contributed by atoms with Crippen LogP contribution in [0.25, 0.3) is 27.5 Å². The Bertz CT molecular complexity index is 2730. The highest BCUT2D eigenvalue weighted by atomic mass is 19.4. The molecule has 2 atom stereocenters. The highest BCUT2D eigenvalue weighted by molar-refractivity contribution is 5.99. The third-order valence-electron chi connectivity index (χ3n) is 9.78. The molecule has 0 spiro atoms. The molecule has 13 nitrogen and oxygen atoms in total. The van der Waals surface area contributed by atoms with Crippen LogP contribution in [0.5, 0.6) is 11.5 Å². The zero-order valence-corrected chi connectivity index (χ0v) is 31.3. The molecule has 1 amide bonds. The largest absolute Gasteiger partial charge is 0.573 e. The third-order valence-corrected chi connectivity index (χ3v) is 9.78. The van der Waals surface area contributed by atoms with Crippen molar-refractivity contribution < 1.29 is 54.5 Å². The number of aryl methyl sites for hydroxylation is 2. The fourth-order valence-electron chi connectivity index (χ4n) is 6.99. The lowest BCUT2D eigenvalue weighted by atomic mass is 9.99. The Morgan fingerprint density at radius 3 is 2.40 bits per heavy atom. The second kappa shape index (κ2) is 16.1. The van der Waals surface area contributed by atoms with Crippen LogP contribution in [0.2, 0.25) is 0 Å². The molecule has 4 heterocycles. The van der Waals surface area contributed by atoms with E-state index in [1.54, 1.807) is 6.07 Å². The molecule has 7 rings (SSSR count). The van der Waals surface area contributed by atoms with Gasteiger partial charge in [-0.1, -0.05) is 12.1 Å². The van der Waals surface area contributed by atoms with Crippen molar-refractivity contribution >= 4 is 39.4 Å². The number of carbonyl (C=O) groups is 2. The van der Waals surface area contributed by atoms with Crippen molar-refractivity contribution in [3.05, 3.63) is 129 Å². The van der Waals surface area contributed by atoms with Gasteiger partial charge in [-0.3, -0.25) is 24.1 Å². The first-order chi connectivity index (χ1) is 28.4. The number of ether oxygens (including phenoxy) is 3. The van der Waals surface area contributed by atoms with Crippen molar-refractivity contribution in [3.8, 4) is 17.2 Å². The number of fused-ring (bicyclic) bond motifs is 2. The molecular formula is C40H31F7N6O7. The summed E-state index contributed by atoms with van der Waals surface area (Å²) in [4.78, 5) is 64.3. The maximum Gasteiger partial charge on any atom is 0.573 e. The highest BCUT2D eigenvalue weighted by Gasteiger charge is 2.46. The van der Waals surface area contributed by atoms with Gasteiger partial charge >= 0.3 is 24.2 Å². The number of carbonyl (C=O) groups excluding carboxylic acids is 2. The highest BCUT2D eigenvalue weighted by Crippen LogP contribution is 2.33. The fraction of sp³-hybridized carbons (Fsp3) is 0.250. The summed E-state index contributed by atoms with van der Waals surface area (Å²) >= 11 is 0. The Morgan fingerprint density at radius 1 is 0.967 bits per heavy atom. The van der Waals surface area contributed by atoms with Crippen LogP contribution < -0.4 is 30.9 Å². The van der Waals surface area contributed by atoms with Gasteiger partial charge in [0.05, 0.1) is 47.1 Å². The molecule has 1 fully saturated rings. The summed E-state index contributed by atoms with van der Waals surface area (Å²) in [6.45, 7) is 0.341. The average molecular weight is 841 g/mol. The van der Waals surface area contributed by atoms with Crippen LogP contribution in [-0.2, 0) is 23.0 Å². The number of alkyl halides is 6. The van der Waals surface area contributed by atoms with Crippen molar-refractivity contribution in [3.63, 3.8) is 0 Å². The lowest BCUT2D eigenvalue weighted by Crippen LogP contribution is -2.53. The molecule has 1 aliphatic rings. The van der Waals surface area contributed by atoms with E-state index < -0.39 is 77.9 Å². The number of esters is 1. The van der Waals surface area contributed by atoms with Gasteiger partial charge in [-0.05, 0) is 72.6 Å². The van der Waals surface area contributed by atoms with Gasteiger partial charge in [0.1, 0.15) is 29.4 Å². The van der Waals surface area contributed by atoms with Crippen molar-refractivity contribution in [1.82, 2.24) is 24.4 Å². The van der Waals surface area contributed by atoms with Crippen molar-refractivity contribution in [2.45, 2.75) is 38.0 Å². The second-order valence-electron chi connectivity index (χ2n) is 13.6. The Morgan fingerprint density at radius 2 is 1.70 bits per heavy atom. The zero-order chi connectivity index (χ0) is 43.1. The maximum absolute atomic E-state index is 15.9. The maximum atomic E-state index is 15.9. The van der Waals surface area contributed by atoms with Gasteiger partial charge in [0.25, 0.3) is 11.5 Å². The number of nitrogens with zero attached hydrogens (tertiary/aromatic N) is 5. The smallest absolute Gasteiger partial charge is 0.425 e. The summed E-state index contributed by atoms with van der Waals surface area (Å²) in [7, 11) is 1.46. The van der Waals surface area contributed by atoms with Gasteiger partial charge in [0.15, 0.2) is 0 Å². The Hall–Kier alpha value is -6.83. The summed E-state index contributed by atoms with van der Waals surface area (Å²) in [6.07, 6.45) is -5.94. The molecule has 1 unspecified atom stereocenters. The molecule has 3 aromatic carbocycles. The second-order valence-corrected chi connectivity index (χ2v) is 13.6. The molecule has 1 N–H and O–H groups in total. The number of pyridine rings is 2. The van der Waals surface area contributed by atoms with Crippen LogP contribution >= 0.6 is 0 Å². The van der Waals surface area contributed by atoms with E-state index >= 15 is 4.39 Å². The number of hydrogen-bond acceptors (Lipinski definition) is 10. The normalized spacial score (nSPS) is 15.2. The zero-order valence-electron chi connectivity index (χ0n) is 31.3. The number of hydrogen-bond donors (Lipinski definition) is 1. The fourth-order valence-corrected chi connectivity index (χ4v) is 6.99. The topological polar surface area (TPSA) is 147 Å². The van der Waals surface area contributed by atoms with Crippen molar-refractivity contribution in [2.75, 3.05) is 24.7 Å².